The van der Waals surface area contributed by atoms with Crippen LogP contribution in [0.1, 0.15) is 27.3 Å². The second-order valence-electron chi connectivity index (χ2n) is 7.51. The number of halogens is 2. The summed E-state index contributed by atoms with van der Waals surface area (Å²) in [5, 5.41) is 12.2. The Bertz CT molecular complexity index is 1240. The number of amides is 2. The normalized spacial score (nSPS) is 15.3. The molecule has 0 spiro atoms. The van der Waals surface area contributed by atoms with E-state index in [0.717, 1.165) is 11.3 Å². The van der Waals surface area contributed by atoms with Gasteiger partial charge in [-0.2, -0.15) is 0 Å². The Balaban J connectivity index is 1.76. The zero-order valence-electron chi connectivity index (χ0n) is 18.3. The fourth-order valence-electron chi connectivity index (χ4n) is 3.62. The van der Waals surface area contributed by atoms with Crippen LogP contribution in [0.2, 0.25) is 10.0 Å². The van der Waals surface area contributed by atoms with E-state index in [-0.39, 0.29) is 33.9 Å². The monoisotopic (exact) mass is 521 g/mol. The van der Waals surface area contributed by atoms with Crippen LogP contribution in [-0.4, -0.2) is 60.2 Å². The second-order valence-corrected chi connectivity index (χ2v) is 9.19. The number of benzene rings is 2. The minimum Gasteiger partial charge on any atom is -0.493 e. The molecular formula is C23H21Cl2N3O5S. The lowest BCUT2D eigenvalue weighted by Gasteiger charge is -2.22. The number of anilines is 2. The molecule has 1 fully saturated rings. The third kappa shape index (κ3) is 4.83. The molecule has 1 saturated heterocycles. The summed E-state index contributed by atoms with van der Waals surface area (Å²) in [5.74, 6) is 0.145. The summed E-state index contributed by atoms with van der Waals surface area (Å²) in [6.45, 7) is 0.704. The molecule has 0 bridgehead atoms. The highest BCUT2D eigenvalue weighted by Gasteiger charge is 2.30. The molecule has 0 aliphatic carbocycles. The number of rotatable bonds is 6. The molecule has 2 heterocycles. The zero-order valence-corrected chi connectivity index (χ0v) is 20.7. The van der Waals surface area contributed by atoms with Crippen molar-refractivity contribution in [3.63, 3.8) is 0 Å². The smallest absolute Gasteiger partial charge is 0.273 e. The van der Waals surface area contributed by atoms with E-state index in [9.17, 15) is 14.7 Å². The summed E-state index contributed by atoms with van der Waals surface area (Å²) in [6.07, 6.45) is -0.0208. The zero-order chi connectivity index (χ0) is 24.4. The Labute approximate surface area is 210 Å². The van der Waals surface area contributed by atoms with Gasteiger partial charge in [0.2, 0.25) is 0 Å². The van der Waals surface area contributed by atoms with E-state index in [0.29, 0.717) is 35.2 Å². The molecule has 178 valence electrons. The fourth-order valence-corrected chi connectivity index (χ4v) is 4.92. The largest absolute Gasteiger partial charge is 0.493 e. The van der Waals surface area contributed by atoms with Crippen LogP contribution in [-0.2, 0) is 0 Å². The van der Waals surface area contributed by atoms with Crippen molar-refractivity contribution in [2.45, 2.75) is 12.5 Å². The number of hydrogen-bond donors (Lipinski definition) is 1. The van der Waals surface area contributed by atoms with E-state index in [1.165, 1.54) is 31.3 Å². The molecule has 8 nitrogen and oxygen atoms in total. The molecule has 1 aromatic heterocycles. The second kappa shape index (κ2) is 10.2. The summed E-state index contributed by atoms with van der Waals surface area (Å²) in [6, 6.07) is 9.58. The van der Waals surface area contributed by atoms with E-state index >= 15 is 0 Å². The first-order chi connectivity index (χ1) is 16.3. The van der Waals surface area contributed by atoms with Gasteiger partial charge < -0.3 is 19.5 Å². The van der Waals surface area contributed by atoms with E-state index in [1.807, 2.05) is 0 Å². The fraction of sp³-hybridized carbons (Fsp3) is 0.261. The Morgan fingerprint density at radius 2 is 1.91 bits per heavy atom. The Kier molecular flexibility index (Phi) is 7.27. The lowest BCUT2D eigenvalue weighted by molar-refractivity contribution is 0.0759. The van der Waals surface area contributed by atoms with E-state index in [1.54, 1.807) is 34.5 Å². The van der Waals surface area contributed by atoms with Crippen LogP contribution in [0.5, 0.6) is 11.5 Å². The number of aliphatic hydroxyl groups is 1. The number of ether oxygens (including phenoxy) is 2. The molecule has 0 radical (unpaired) electrons. The molecule has 0 saturated carbocycles. The van der Waals surface area contributed by atoms with E-state index in [4.69, 9.17) is 32.7 Å². The number of methoxy groups -OCH3 is 2. The van der Waals surface area contributed by atoms with Crippen molar-refractivity contribution < 1.29 is 24.2 Å². The number of thiazole rings is 1. The van der Waals surface area contributed by atoms with Crippen molar-refractivity contribution >= 4 is 57.2 Å². The van der Waals surface area contributed by atoms with Gasteiger partial charge >= 0.3 is 0 Å². The third-order valence-corrected chi connectivity index (χ3v) is 6.72. The van der Waals surface area contributed by atoms with Crippen LogP contribution in [0.25, 0.3) is 0 Å². The van der Waals surface area contributed by atoms with Crippen LogP contribution in [0.15, 0.2) is 41.8 Å². The van der Waals surface area contributed by atoms with Crippen LogP contribution in [0.4, 0.5) is 10.8 Å². The van der Waals surface area contributed by atoms with Crippen LogP contribution in [0.3, 0.4) is 0 Å². The van der Waals surface area contributed by atoms with Gasteiger partial charge in [0.05, 0.1) is 36.6 Å². The van der Waals surface area contributed by atoms with Crippen LogP contribution in [0, 0.1) is 0 Å². The van der Waals surface area contributed by atoms with Gasteiger partial charge in [-0.05, 0) is 36.8 Å². The summed E-state index contributed by atoms with van der Waals surface area (Å²) < 4.78 is 10.7. The topological polar surface area (TPSA) is 92.2 Å². The number of carbonyl (C=O) groups is 2. The molecule has 4 rings (SSSR count). The standard InChI is InChI=1S/C23H21Cl2N3O5S/c1-32-19-6-4-14(10-20(19)33-2)28(21(30)16-5-3-13(24)9-17(16)25)23-26-18(12-34-23)22(31)27-8-7-15(29)11-27/h3-6,9-10,12,15,29H,7-8,11H2,1-2H3. The predicted molar refractivity (Wildman–Crippen MR) is 131 cm³/mol. The van der Waals surface area contributed by atoms with Crippen LogP contribution < -0.4 is 14.4 Å². The highest BCUT2D eigenvalue weighted by atomic mass is 35.5. The molecule has 3 aromatic rings. The van der Waals surface area contributed by atoms with Gasteiger partial charge in [0.25, 0.3) is 11.8 Å². The molecule has 1 unspecified atom stereocenters. The maximum Gasteiger partial charge on any atom is 0.273 e. The number of likely N-dealkylation sites (tertiary alicyclic amines) is 1. The molecule has 1 atom stereocenters. The molecule has 1 aliphatic heterocycles. The summed E-state index contributed by atoms with van der Waals surface area (Å²) >= 11 is 13.5. The lowest BCUT2D eigenvalue weighted by Crippen LogP contribution is -2.30. The first-order valence-electron chi connectivity index (χ1n) is 10.3. The quantitative estimate of drug-likeness (QED) is 0.507. The van der Waals surface area contributed by atoms with Crippen molar-refractivity contribution in [2.75, 3.05) is 32.2 Å². The van der Waals surface area contributed by atoms with Crippen molar-refractivity contribution in [1.82, 2.24) is 9.88 Å². The highest BCUT2D eigenvalue weighted by Crippen LogP contribution is 2.37. The summed E-state index contributed by atoms with van der Waals surface area (Å²) in [4.78, 5) is 33.9. The molecule has 34 heavy (non-hydrogen) atoms. The molecule has 1 N–H and O–H groups in total. The van der Waals surface area contributed by atoms with Crippen molar-refractivity contribution in [1.29, 1.82) is 0 Å². The van der Waals surface area contributed by atoms with Gasteiger partial charge in [0, 0.05) is 29.6 Å². The van der Waals surface area contributed by atoms with E-state index in [2.05, 4.69) is 4.98 Å². The van der Waals surface area contributed by atoms with Crippen LogP contribution >= 0.6 is 34.5 Å². The van der Waals surface area contributed by atoms with Crippen molar-refractivity contribution in [3.8, 4) is 11.5 Å². The third-order valence-electron chi connectivity index (χ3n) is 5.34. The highest BCUT2D eigenvalue weighted by molar-refractivity contribution is 7.14. The van der Waals surface area contributed by atoms with Crippen molar-refractivity contribution in [3.05, 3.63) is 63.1 Å². The average molecular weight is 522 g/mol. The molecular weight excluding hydrogens is 501 g/mol. The minimum absolute atomic E-state index is 0.182. The SMILES string of the molecule is COc1ccc(N(C(=O)c2ccc(Cl)cc2Cl)c2nc(C(=O)N3CCC(O)C3)cs2)cc1OC. The van der Waals surface area contributed by atoms with Gasteiger partial charge in [0.1, 0.15) is 5.69 Å². The molecule has 11 heteroatoms. The first-order valence-corrected chi connectivity index (χ1v) is 11.9. The molecule has 1 aliphatic rings. The maximum atomic E-state index is 13.7. The summed E-state index contributed by atoms with van der Waals surface area (Å²) in [7, 11) is 3.01. The van der Waals surface area contributed by atoms with E-state index < -0.39 is 12.0 Å². The molecule has 2 aromatic carbocycles. The Hall–Kier alpha value is -2.85. The molecule has 2 amide bonds. The number of nitrogens with zero attached hydrogens (tertiary/aromatic N) is 3. The van der Waals surface area contributed by atoms with Gasteiger partial charge in [-0.3, -0.25) is 14.5 Å². The Morgan fingerprint density at radius 3 is 2.56 bits per heavy atom. The van der Waals surface area contributed by atoms with Crippen molar-refractivity contribution in [2.24, 2.45) is 0 Å². The first kappa shape index (κ1) is 24.3. The minimum atomic E-state index is -0.543. The van der Waals surface area contributed by atoms with Gasteiger partial charge in [0.15, 0.2) is 16.6 Å². The number of hydrogen-bond acceptors (Lipinski definition) is 7. The van der Waals surface area contributed by atoms with Gasteiger partial charge in [-0.15, -0.1) is 11.3 Å². The number of aromatic nitrogens is 1. The lowest BCUT2D eigenvalue weighted by atomic mass is 10.1. The number of aliphatic hydroxyl groups excluding tert-OH is 1. The number of carbonyl (C=O) groups excluding carboxylic acids is 2. The predicted octanol–water partition coefficient (Wildman–Crippen LogP) is 4.65. The Morgan fingerprint density at radius 1 is 1.15 bits per heavy atom. The number of β-amino-alcohol motifs (C(OH)–C–C–N with tert-alkyl or cyclic N) is 1. The maximum absolute atomic E-state index is 13.7. The summed E-state index contributed by atoms with van der Waals surface area (Å²) in [5.41, 5.74) is 0.847. The van der Waals surface area contributed by atoms with Gasteiger partial charge in [-0.25, -0.2) is 4.98 Å². The average Bonchev–Trinajstić information content (AvgIpc) is 3.48. The van der Waals surface area contributed by atoms with Gasteiger partial charge in [-0.1, -0.05) is 23.2 Å².